The molecule has 1 saturated carbocycles. The second kappa shape index (κ2) is 7.23. The SMILES string of the molecule is Cc1nc2ncnn2c(C)c1CCC(=O)NC(CN)C1CC1.Cl. The van der Waals surface area contributed by atoms with E-state index < -0.39 is 0 Å². The average Bonchev–Trinajstić information content (AvgIpc) is 3.23. The number of hydrogen-bond donors (Lipinski definition) is 2. The molecule has 0 radical (unpaired) electrons. The first-order valence-electron chi connectivity index (χ1n) is 7.75. The Morgan fingerprint density at radius 3 is 2.87 bits per heavy atom. The Kier molecular flexibility index (Phi) is 5.54. The summed E-state index contributed by atoms with van der Waals surface area (Å²) in [6.45, 7) is 4.44. The minimum absolute atomic E-state index is 0. The number of fused-ring (bicyclic) bond motifs is 1. The fraction of sp³-hybridized carbons (Fsp3) is 0.600. The van der Waals surface area contributed by atoms with E-state index in [2.05, 4.69) is 20.4 Å². The normalized spacial score (nSPS) is 15.3. The van der Waals surface area contributed by atoms with E-state index in [-0.39, 0.29) is 24.4 Å². The highest BCUT2D eigenvalue weighted by molar-refractivity contribution is 5.85. The number of aromatic nitrogens is 4. The van der Waals surface area contributed by atoms with Crippen LogP contribution in [0.5, 0.6) is 0 Å². The van der Waals surface area contributed by atoms with Crippen molar-refractivity contribution in [2.45, 2.75) is 45.6 Å². The summed E-state index contributed by atoms with van der Waals surface area (Å²) < 4.78 is 1.72. The summed E-state index contributed by atoms with van der Waals surface area (Å²) in [5, 5.41) is 7.22. The quantitative estimate of drug-likeness (QED) is 0.817. The van der Waals surface area contributed by atoms with E-state index in [9.17, 15) is 4.79 Å². The van der Waals surface area contributed by atoms with E-state index in [0.29, 0.717) is 31.1 Å². The van der Waals surface area contributed by atoms with Crippen molar-refractivity contribution >= 4 is 24.1 Å². The minimum Gasteiger partial charge on any atom is -0.352 e. The van der Waals surface area contributed by atoms with Crippen molar-refractivity contribution in [3.05, 3.63) is 23.3 Å². The summed E-state index contributed by atoms with van der Waals surface area (Å²) in [4.78, 5) is 20.7. The number of halogens is 1. The van der Waals surface area contributed by atoms with Crippen molar-refractivity contribution in [3.8, 4) is 0 Å². The van der Waals surface area contributed by atoms with Crippen LogP contribution in [0.4, 0.5) is 0 Å². The molecule has 23 heavy (non-hydrogen) atoms. The Bertz CT molecular complexity index is 697. The molecular formula is C15H23ClN6O. The van der Waals surface area contributed by atoms with Gasteiger partial charge in [-0.05, 0) is 44.6 Å². The molecule has 8 heteroatoms. The molecule has 3 N–H and O–H groups in total. The van der Waals surface area contributed by atoms with E-state index in [1.807, 2.05) is 13.8 Å². The first-order valence-corrected chi connectivity index (χ1v) is 7.75. The monoisotopic (exact) mass is 338 g/mol. The molecular weight excluding hydrogens is 316 g/mol. The van der Waals surface area contributed by atoms with Crippen LogP contribution in [0.25, 0.3) is 5.78 Å². The summed E-state index contributed by atoms with van der Waals surface area (Å²) in [6, 6.07) is 0.130. The Labute approximate surface area is 141 Å². The minimum atomic E-state index is 0. The zero-order chi connectivity index (χ0) is 15.7. The number of nitrogens with one attached hydrogen (secondary N) is 1. The molecule has 0 aliphatic heterocycles. The van der Waals surface area contributed by atoms with E-state index in [0.717, 1.165) is 17.0 Å². The predicted molar refractivity (Wildman–Crippen MR) is 89.5 cm³/mol. The lowest BCUT2D eigenvalue weighted by molar-refractivity contribution is -0.121. The van der Waals surface area contributed by atoms with Crippen molar-refractivity contribution in [3.63, 3.8) is 0 Å². The number of carbonyl (C=O) groups is 1. The van der Waals surface area contributed by atoms with E-state index in [1.54, 1.807) is 4.52 Å². The van der Waals surface area contributed by atoms with Crippen LogP contribution < -0.4 is 11.1 Å². The molecule has 7 nitrogen and oxygen atoms in total. The Balaban J connectivity index is 0.00000192. The second-order valence-electron chi connectivity index (χ2n) is 5.98. The first-order chi connectivity index (χ1) is 10.6. The number of rotatable bonds is 6. The van der Waals surface area contributed by atoms with Gasteiger partial charge in [0.15, 0.2) is 0 Å². The van der Waals surface area contributed by atoms with Crippen molar-refractivity contribution in [2.75, 3.05) is 6.54 Å². The van der Waals surface area contributed by atoms with Crippen LogP contribution in [0, 0.1) is 19.8 Å². The van der Waals surface area contributed by atoms with Gasteiger partial charge < -0.3 is 11.1 Å². The van der Waals surface area contributed by atoms with Crippen molar-refractivity contribution in [1.82, 2.24) is 24.9 Å². The van der Waals surface area contributed by atoms with Gasteiger partial charge in [0.25, 0.3) is 5.78 Å². The predicted octanol–water partition coefficient (Wildman–Crippen LogP) is 0.949. The van der Waals surface area contributed by atoms with E-state index >= 15 is 0 Å². The van der Waals surface area contributed by atoms with Crippen LogP contribution in [0.2, 0.25) is 0 Å². The van der Waals surface area contributed by atoms with Gasteiger partial charge in [0.05, 0.1) is 0 Å². The van der Waals surface area contributed by atoms with Gasteiger partial charge in [-0.2, -0.15) is 10.1 Å². The number of carbonyl (C=O) groups excluding carboxylic acids is 1. The van der Waals surface area contributed by atoms with Crippen molar-refractivity contribution < 1.29 is 4.79 Å². The standard InChI is InChI=1S/C15H22N6O.ClH/c1-9-12(10(2)21-15(19-9)17-8-18-21)5-6-14(22)20-13(7-16)11-3-4-11;/h8,11,13H,3-7,16H2,1-2H3,(H,20,22);1H. The average molecular weight is 339 g/mol. The van der Waals surface area contributed by atoms with E-state index in [4.69, 9.17) is 5.73 Å². The molecule has 1 aliphatic rings. The molecule has 0 saturated heterocycles. The highest BCUT2D eigenvalue weighted by Crippen LogP contribution is 2.32. The molecule has 0 aromatic carbocycles. The fourth-order valence-corrected chi connectivity index (χ4v) is 2.90. The number of nitrogens with zero attached hydrogens (tertiary/aromatic N) is 4. The molecule has 126 valence electrons. The van der Waals surface area contributed by atoms with Crippen LogP contribution in [0.15, 0.2) is 6.33 Å². The summed E-state index contributed by atoms with van der Waals surface area (Å²) in [6.07, 6.45) is 4.92. The van der Waals surface area contributed by atoms with Crippen LogP contribution in [-0.2, 0) is 11.2 Å². The molecule has 2 heterocycles. The molecule has 1 atom stereocenters. The summed E-state index contributed by atoms with van der Waals surface area (Å²) in [5.41, 5.74) is 8.68. The lowest BCUT2D eigenvalue weighted by Gasteiger charge is -2.16. The van der Waals surface area contributed by atoms with Crippen LogP contribution in [0.3, 0.4) is 0 Å². The van der Waals surface area contributed by atoms with Gasteiger partial charge >= 0.3 is 0 Å². The molecule has 1 amide bonds. The molecule has 1 unspecified atom stereocenters. The fourth-order valence-electron chi connectivity index (χ4n) is 2.90. The van der Waals surface area contributed by atoms with Gasteiger partial charge in [-0.25, -0.2) is 9.50 Å². The smallest absolute Gasteiger partial charge is 0.252 e. The Morgan fingerprint density at radius 1 is 1.48 bits per heavy atom. The maximum absolute atomic E-state index is 12.1. The third kappa shape index (κ3) is 3.79. The molecule has 2 aromatic heterocycles. The lowest BCUT2D eigenvalue weighted by Crippen LogP contribution is -2.41. The molecule has 1 fully saturated rings. The number of amides is 1. The van der Waals surface area contributed by atoms with Crippen LogP contribution in [-0.4, -0.2) is 38.1 Å². The third-order valence-corrected chi connectivity index (χ3v) is 4.38. The largest absolute Gasteiger partial charge is 0.352 e. The van der Waals surface area contributed by atoms with Gasteiger partial charge in [-0.15, -0.1) is 12.4 Å². The summed E-state index contributed by atoms with van der Waals surface area (Å²) in [5.74, 6) is 1.23. The Hall–Kier alpha value is -1.73. The number of nitrogens with two attached hydrogens (primary N) is 1. The molecule has 1 aliphatic carbocycles. The Morgan fingerprint density at radius 2 is 2.22 bits per heavy atom. The van der Waals surface area contributed by atoms with Crippen molar-refractivity contribution in [2.24, 2.45) is 11.7 Å². The lowest BCUT2D eigenvalue weighted by atomic mass is 10.1. The maximum Gasteiger partial charge on any atom is 0.252 e. The van der Waals surface area contributed by atoms with Gasteiger partial charge in [0.1, 0.15) is 6.33 Å². The first kappa shape index (κ1) is 17.6. The third-order valence-electron chi connectivity index (χ3n) is 4.38. The second-order valence-corrected chi connectivity index (χ2v) is 5.98. The van der Waals surface area contributed by atoms with Crippen LogP contribution >= 0.6 is 12.4 Å². The zero-order valence-corrected chi connectivity index (χ0v) is 14.3. The molecule has 2 aromatic rings. The van der Waals surface area contributed by atoms with Gasteiger partial charge in [-0.1, -0.05) is 0 Å². The molecule has 0 bridgehead atoms. The van der Waals surface area contributed by atoms with E-state index in [1.165, 1.54) is 19.2 Å². The van der Waals surface area contributed by atoms with Gasteiger partial charge in [0, 0.05) is 30.4 Å². The topological polar surface area (TPSA) is 98.2 Å². The molecule has 3 rings (SSSR count). The number of hydrogen-bond acceptors (Lipinski definition) is 5. The van der Waals surface area contributed by atoms with Gasteiger partial charge in [-0.3, -0.25) is 4.79 Å². The summed E-state index contributed by atoms with van der Waals surface area (Å²) >= 11 is 0. The zero-order valence-electron chi connectivity index (χ0n) is 13.5. The maximum atomic E-state index is 12.1. The number of aryl methyl sites for hydroxylation is 2. The van der Waals surface area contributed by atoms with Crippen molar-refractivity contribution in [1.29, 1.82) is 0 Å². The van der Waals surface area contributed by atoms with Crippen LogP contribution in [0.1, 0.15) is 36.2 Å². The van der Waals surface area contributed by atoms with Gasteiger partial charge in [0.2, 0.25) is 5.91 Å². The summed E-state index contributed by atoms with van der Waals surface area (Å²) in [7, 11) is 0. The highest BCUT2D eigenvalue weighted by Gasteiger charge is 2.31. The highest BCUT2D eigenvalue weighted by atomic mass is 35.5. The molecule has 0 spiro atoms.